The number of methoxy groups -OCH3 is 1. The molecule has 1 heterocycles. The van der Waals surface area contributed by atoms with Crippen molar-refractivity contribution in [3.63, 3.8) is 0 Å². The van der Waals surface area contributed by atoms with E-state index in [1.165, 1.54) is 5.56 Å². The maximum absolute atomic E-state index is 5.76. The molecule has 0 unspecified atom stereocenters. The van der Waals surface area contributed by atoms with Gasteiger partial charge in [0.05, 0.1) is 18.1 Å². The second kappa shape index (κ2) is 5.72. The fourth-order valence-corrected chi connectivity index (χ4v) is 2.77. The molecule has 4 heteroatoms. The normalized spacial score (nSPS) is 11.3. The lowest BCUT2D eigenvalue weighted by Gasteiger charge is -2.13. The van der Waals surface area contributed by atoms with E-state index in [1.807, 2.05) is 24.3 Å². The summed E-state index contributed by atoms with van der Waals surface area (Å²) in [5, 5.41) is 0. The van der Waals surface area contributed by atoms with Crippen molar-refractivity contribution >= 4 is 16.7 Å². The van der Waals surface area contributed by atoms with Gasteiger partial charge in [-0.2, -0.15) is 0 Å². The first-order chi connectivity index (χ1) is 10.6. The van der Waals surface area contributed by atoms with Gasteiger partial charge >= 0.3 is 0 Å². The van der Waals surface area contributed by atoms with Crippen LogP contribution in [0.15, 0.2) is 42.5 Å². The first-order valence-electron chi connectivity index (χ1n) is 7.47. The summed E-state index contributed by atoms with van der Waals surface area (Å²) < 4.78 is 7.58. The molecule has 114 valence electrons. The molecule has 0 fully saturated rings. The molecule has 0 radical (unpaired) electrons. The SMILES string of the molecule is COc1ccc2c(c1)nc(Cc1ccc(N)cc1)n2C(C)C. The quantitative estimate of drug-likeness (QED) is 0.745. The van der Waals surface area contributed by atoms with Crippen LogP contribution in [0.3, 0.4) is 0 Å². The second-order valence-electron chi connectivity index (χ2n) is 5.76. The number of anilines is 1. The van der Waals surface area contributed by atoms with Crippen LogP contribution in [0.25, 0.3) is 11.0 Å². The van der Waals surface area contributed by atoms with E-state index in [1.54, 1.807) is 7.11 Å². The van der Waals surface area contributed by atoms with Crippen LogP contribution in [0.4, 0.5) is 5.69 Å². The highest BCUT2D eigenvalue weighted by Crippen LogP contribution is 2.26. The lowest BCUT2D eigenvalue weighted by Crippen LogP contribution is -2.07. The zero-order chi connectivity index (χ0) is 15.7. The van der Waals surface area contributed by atoms with Crippen LogP contribution in [-0.4, -0.2) is 16.7 Å². The van der Waals surface area contributed by atoms with Gasteiger partial charge in [-0.25, -0.2) is 4.98 Å². The first-order valence-corrected chi connectivity index (χ1v) is 7.47. The zero-order valence-electron chi connectivity index (χ0n) is 13.2. The van der Waals surface area contributed by atoms with Crippen LogP contribution < -0.4 is 10.5 Å². The van der Waals surface area contributed by atoms with Gasteiger partial charge in [-0.3, -0.25) is 0 Å². The Hall–Kier alpha value is -2.49. The molecule has 2 aromatic carbocycles. The van der Waals surface area contributed by atoms with Gasteiger partial charge in [0.15, 0.2) is 0 Å². The molecular formula is C18H21N3O. The van der Waals surface area contributed by atoms with E-state index in [-0.39, 0.29) is 0 Å². The van der Waals surface area contributed by atoms with Crippen molar-refractivity contribution in [2.24, 2.45) is 0 Å². The van der Waals surface area contributed by atoms with Crippen LogP contribution in [0, 0.1) is 0 Å². The summed E-state index contributed by atoms with van der Waals surface area (Å²) in [6, 6.07) is 14.4. The Morgan fingerprint density at radius 1 is 1.14 bits per heavy atom. The highest BCUT2D eigenvalue weighted by atomic mass is 16.5. The largest absolute Gasteiger partial charge is 0.497 e. The molecule has 4 nitrogen and oxygen atoms in total. The summed E-state index contributed by atoms with van der Waals surface area (Å²) in [7, 11) is 1.68. The Labute approximate surface area is 130 Å². The Morgan fingerprint density at radius 2 is 1.86 bits per heavy atom. The summed E-state index contributed by atoms with van der Waals surface area (Å²) in [5.74, 6) is 1.89. The molecule has 0 amide bonds. The Morgan fingerprint density at radius 3 is 2.50 bits per heavy atom. The number of ether oxygens (including phenoxy) is 1. The van der Waals surface area contributed by atoms with Crippen molar-refractivity contribution in [3.05, 3.63) is 53.9 Å². The molecule has 0 aliphatic heterocycles. The Kier molecular flexibility index (Phi) is 3.75. The average molecular weight is 295 g/mol. The molecule has 0 bridgehead atoms. The summed E-state index contributed by atoms with van der Waals surface area (Å²) in [6.45, 7) is 4.36. The predicted molar refractivity (Wildman–Crippen MR) is 90.3 cm³/mol. The van der Waals surface area contributed by atoms with Gasteiger partial charge in [0.2, 0.25) is 0 Å². The summed E-state index contributed by atoms with van der Waals surface area (Å²) in [5.41, 5.74) is 9.86. The number of aromatic nitrogens is 2. The number of nitrogen functional groups attached to an aromatic ring is 1. The Bertz CT molecular complexity index is 788. The standard InChI is InChI=1S/C18H21N3O/c1-12(2)21-17-9-8-15(22-3)11-16(17)20-18(21)10-13-4-6-14(19)7-5-13/h4-9,11-12H,10,19H2,1-3H3. The van der Waals surface area contributed by atoms with Crippen LogP contribution >= 0.6 is 0 Å². The number of benzene rings is 2. The lowest BCUT2D eigenvalue weighted by molar-refractivity contribution is 0.415. The van der Waals surface area contributed by atoms with E-state index in [9.17, 15) is 0 Å². The van der Waals surface area contributed by atoms with E-state index >= 15 is 0 Å². The maximum Gasteiger partial charge on any atom is 0.121 e. The fraction of sp³-hybridized carbons (Fsp3) is 0.278. The number of nitrogens with zero attached hydrogens (tertiary/aromatic N) is 2. The third-order valence-electron chi connectivity index (χ3n) is 3.83. The van der Waals surface area contributed by atoms with Gasteiger partial charge in [-0.15, -0.1) is 0 Å². The number of nitrogens with two attached hydrogens (primary N) is 1. The van der Waals surface area contributed by atoms with Crippen molar-refractivity contribution < 1.29 is 4.74 Å². The number of hydrogen-bond donors (Lipinski definition) is 1. The second-order valence-corrected chi connectivity index (χ2v) is 5.76. The van der Waals surface area contributed by atoms with Crippen molar-refractivity contribution in [1.82, 2.24) is 9.55 Å². The molecule has 3 aromatic rings. The molecule has 0 saturated carbocycles. The van der Waals surface area contributed by atoms with Gasteiger partial charge in [-0.1, -0.05) is 12.1 Å². The van der Waals surface area contributed by atoms with Gasteiger partial charge < -0.3 is 15.0 Å². The molecule has 0 saturated heterocycles. The molecule has 0 aliphatic rings. The molecule has 1 aromatic heterocycles. The summed E-state index contributed by atoms with van der Waals surface area (Å²) in [4.78, 5) is 4.81. The molecule has 0 atom stereocenters. The van der Waals surface area contributed by atoms with Crippen molar-refractivity contribution in [2.75, 3.05) is 12.8 Å². The lowest BCUT2D eigenvalue weighted by atomic mass is 10.1. The predicted octanol–water partition coefficient (Wildman–Crippen LogP) is 3.80. The van der Waals surface area contributed by atoms with Gasteiger partial charge in [0, 0.05) is 24.2 Å². The van der Waals surface area contributed by atoms with E-state index < -0.39 is 0 Å². The van der Waals surface area contributed by atoms with Crippen LogP contribution in [0.1, 0.15) is 31.3 Å². The molecule has 0 spiro atoms. The van der Waals surface area contributed by atoms with Crippen LogP contribution in [0.2, 0.25) is 0 Å². The fourth-order valence-electron chi connectivity index (χ4n) is 2.77. The van der Waals surface area contributed by atoms with E-state index in [0.29, 0.717) is 6.04 Å². The van der Waals surface area contributed by atoms with E-state index in [0.717, 1.165) is 34.7 Å². The molecule has 3 rings (SSSR count). The minimum absolute atomic E-state index is 0.349. The highest BCUT2D eigenvalue weighted by Gasteiger charge is 2.14. The molecule has 22 heavy (non-hydrogen) atoms. The van der Waals surface area contributed by atoms with Gasteiger partial charge in [-0.05, 0) is 43.7 Å². The zero-order valence-corrected chi connectivity index (χ0v) is 13.2. The van der Waals surface area contributed by atoms with Crippen molar-refractivity contribution in [1.29, 1.82) is 0 Å². The van der Waals surface area contributed by atoms with Gasteiger partial charge in [0.1, 0.15) is 11.6 Å². The highest BCUT2D eigenvalue weighted by molar-refractivity contribution is 5.78. The van der Waals surface area contributed by atoms with Crippen molar-refractivity contribution in [3.8, 4) is 5.75 Å². The maximum atomic E-state index is 5.76. The topological polar surface area (TPSA) is 53.1 Å². The molecular weight excluding hydrogens is 274 g/mol. The smallest absolute Gasteiger partial charge is 0.121 e. The number of fused-ring (bicyclic) bond motifs is 1. The van der Waals surface area contributed by atoms with E-state index in [2.05, 4.69) is 36.6 Å². The average Bonchev–Trinajstić information content (AvgIpc) is 2.86. The minimum atomic E-state index is 0.349. The van der Waals surface area contributed by atoms with E-state index in [4.69, 9.17) is 15.5 Å². The number of imidazole rings is 1. The summed E-state index contributed by atoms with van der Waals surface area (Å²) in [6.07, 6.45) is 0.787. The summed E-state index contributed by atoms with van der Waals surface area (Å²) >= 11 is 0. The monoisotopic (exact) mass is 295 g/mol. The van der Waals surface area contributed by atoms with Gasteiger partial charge in [0.25, 0.3) is 0 Å². The third-order valence-corrected chi connectivity index (χ3v) is 3.83. The van der Waals surface area contributed by atoms with Crippen LogP contribution in [0.5, 0.6) is 5.75 Å². The number of hydrogen-bond acceptors (Lipinski definition) is 3. The Balaban J connectivity index is 2.07. The van der Waals surface area contributed by atoms with Crippen molar-refractivity contribution in [2.45, 2.75) is 26.3 Å². The van der Waals surface area contributed by atoms with Crippen LogP contribution in [-0.2, 0) is 6.42 Å². The first kappa shape index (κ1) is 14.4. The third kappa shape index (κ3) is 2.64. The molecule has 2 N–H and O–H groups in total. The number of rotatable bonds is 4. The molecule has 0 aliphatic carbocycles. The minimum Gasteiger partial charge on any atom is -0.497 e.